The topological polar surface area (TPSA) is 26.3 Å². The second kappa shape index (κ2) is 5.47. The maximum Gasteiger partial charge on any atom is 0.360 e. The monoisotopic (exact) mass is 408 g/mol. The molecule has 0 bridgehead atoms. The lowest BCUT2D eigenvalue weighted by atomic mass is 10.1. The Hall–Kier alpha value is -1.18. The van der Waals surface area contributed by atoms with E-state index in [-0.39, 0.29) is 43.2 Å². The van der Waals surface area contributed by atoms with E-state index in [0.29, 0.717) is 0 Å². The Morgan fingerprint density at radius 1 is 1.23 bits per heavy atom. The van der Waals surface area contributed by atoms with Gasteiger partial charge >= 0.3 is 5.25 Å². The quantitative estimate of drug-likeness (QED) is 0.616. The van der Waals surface area contributed by atoms with E-state index in [1.54, 1.807) is 0 Å². The molecule has 8 heteroatoms. The smallest absolute Gasteiger partial charge is 0.360 e. The Morgan fingerprint density at radius 2 is 1.95 bits per heavy atom. The Bertz CT molecular complexity index is 778. The number of ketones is 1. The number of alkyl halides is 2. The number of fused-ring (bicyclic) bond motifs is 1. The fourth-order valence-corrected chi connectivity index (χ4v) is 3.81. The number of hydrogen-bond donors (Lipinski definition) is 0. The van der Waals surface area contributed by atoms with Crippen LogP contribution in [-0.4, -0.2) is 11.0 Å². The molecule has 0 aromatic heterocycles. The number of ether oxygens (including phenoxy) is 1. The molecule has 0 amide bonds. The summed E-state index contributed by atoms with van der Waals surface area (Å²) in [6.45, 7) is 0. The maximum absolute atomic E-state index is 13.5. The summed E-state index contributed by atoms with van der Waals surface area (Å²) in [7, 11) is 0. The number of benzene rings is 2. The molecular formula is C14H5BrClF3O2S. The minimum absolute atomic E-state index is 0.0931. The lowest BCUT2D eigenvalue weighted by Crippen LogP contribution is -2.18. The summed E-state index contributed by atoms with van der Waals surface area (Å²) < 4.78 is 45.7. The van der Waals surface area contributed by atoms with Crippen LogP contribution in [0, 0.1) is 5.82 Å². The highest BCUT2D eigenvalue weighted by Gasteiger charge is 2.49. The van der Waals surface area contributed by atoms with Crippen molar-refractivity contribution in [3.8, 4) is 11.5 Å². The van der Waals surface area contributed by atoms with Gasteiger partial charge in [-0.05, 0) is 52.0 Å². The van der Waals surface area contributed by atoms with E-state index in [2.05, 4.69) is 15.9 Å². The number of thioether (sulfide) groups is 1. The van der Waals surface area contributed by atoms with E-state index in [0.717, 1.165) is 12.1 Å². The minimum atomic E-state index is -3.49. The molecule has 3 rings (SSSR count). The highest BCUT2D eigenvalue weighted by atomic mass is 79.9. The molecule has 0 radical (unpaired) electrons. The van der Waals surface area contributed by atoms with Crippen molar-refractivity contribution in [2.24, 2.45) is 0 Å². The van der Waals surface area contributed by atoms with Crippen LogP contribution < -0.4 is 4.74 Å². The van der Waals surface area contributed by atoms with E-state index in [1.807, 2.05) is 0 Å². The molecule has 1 heterocycles. The van der Waals surface area contributed by atoms with E-state index in [4.69, 9.17) is 16.3 Å². The summed E-state index contributed by atoms with van der Waals surface area (Å²) in [6.07, 6.45) is 0. The first kappa shape index (κ1) is 15.7. The zero-order chi connectivity index (χ0) is 16.1. The van der Waals surface area contributed by atoms with E-state index >= 15 is 0 Å². The number of carbonyl (C=O) groups is 1. The van der Waals surface area contributed by atoms with E-state index < -0.39 is 16.9 Å². The van der Waals surface area contributed by atoms with Crippen molar-refractivity contribution >= 4 is 45.1 Å². The number of rotatable bonds is 2. The fraction of sp³-hybridized carbons (Fsp3) is 0.0714. The highest BCUT2D eigenvalue weighted by molar-refractivity contribution is 9.10. The summed E-state index contributed by atoms with van der Waals surface area (Å²) in [6, 6.07) is 6.35. The van der Waals surface area contributed by atoms with Crippen LogP contribution in [0.3, 0.4) is 0 Å². The Labute approximate surface area is 140 Å². The van der Waals surface area contributed by atoms with Gasteiger partial charge in [-0.3, -0.25) is 4.79 Å². The van der Waals surface area contributed by atoms with Gasteiger partial charge in [0.05, 0.1) is 10.0 Å². The van der Waals surface area contributed by atoms with Crippen LogP contribution in [0.1, 0.15) is 10.4 Å². The van der Waals surface area contributed by atoms with Crippen molar-refractivity contribution in [3.63, 3.8) is 0 Å². The maximum atomic E-state index is 13.5. The number of Topliss-reactive ketones (excluding diaryl/α,β-unsaturated/α-hetero) is 1. The Morgan fingerprint density at radius 3 is 2.64 bits per heavy atom. The van der Waals surface area contributed by atoms with Gasteiger partial charge in [-0.25, -0.2) is 4.39 Å². The van der Waals surface area contributed by atoms with Gasteiger partial charge in [0, 0.05) is 16.0 Å². The van der Waals surface area contributed by atoms with Gasteiger partial charge in [0.2, 0.25) is 5.78 Å². The van der Waals surface area contributed by atoms with Crippen molar-refractivity contribution in [1.82, 2.24) is 0 Å². The van der Waals surface area contributed by atoms with Crippen LogP contribution in [0.2, 0.25) is 5.02 Å². The van der Waals surface area contributed by atoms with Crippen molar-refractivity contribution in [2.45, 2.75) is 10.2 Å². The molecule has 0 N–H and O–H groups in total. The third-order valence-corrected chi connectivity index (χ3v) is 4.87. The average Bonchev–Trinajstić information content (AvgIpc) is 2.63. The van der Waals surface area contributed by atoms with Crippen molar-refractivity contribution < 1.29 is 22.7 Å². The molecule has 1 aliphatic rings. The minimum Gasteiger partial charge on any atom is -0.456 e. The van der Waals surface area contributed by atoms with Gasteiger partial charge in [-0.2, -0.15) is 8.78 Å². The SMILES string of the molecule is O=C1c2c(ccc(Oc3cc(F)cc(Cl)c3)c2Br)SC1(F)F. The molecule has 1 aliphatic heterocycles. The molecule has 22 heavy (non-hydrogen) atoms. The number of hydrogen-bond acceptors (Lipinski definition) is 3. The lowest BCUT2D eigenvalue weighted by molar-refractivity contribution is 0.0581. The highest BCUT2D eigenvalue weighted by Crippen LogP contribution is 2.51. The predicted molar refractivity (Wildman–Crippen MR) is 80.8 cm³/mol. The molecule has 0 atom stereocenters. The summed E-state index contributed by atoms with van der Waals surface area (Å²) in [5.41, 5.74) is -0.144. The Kier molecular flexibility index (Phi) is 3.91. The van der Waals surface area contributed by atoms with E-state index in [9.17, 15) is 18.0 Å². The third-order valence-electron chi connectivity index (χ3n) is 2.86. The first-order valence-electron chi connectivity index (χ1n) is 5.86. The molecule has 2 aromatic carbocycles. The van der Waals surface area contributed by atoms with Gasteiger partial charge in [0.1, 0.15) is 17.3 Å². The predicted octanol–water partition coefficient (Wildman–Crippen LogP) is 5.92. The molecule has 0 fully saturated rings. The largest absolute Gasteiger partial charge is 0.456 e. The summed E-state index contributed by atoms with van der Waals surface area (Å²) in [5, 5.41) is -3.36. The van der Waals surface area contributed by atoms with Gasteiger partial charge in [0.25, 0.3) is 0 Å². The molecule has 0 saturated heterocycles. The zero-order valence-electron chi connectivity index (χ0n) is 10.5. The van der Waals surface area contributed by atoms with Gasteiger partial charge in [-0.15, -0.1) is 0 Å². The van der Waals surface area contributed by atoms with Crippen molar-refractivity contribution in [3.05, 3.63) is 51.2 Å². The molecule has 0 spiro atoms. The second-order valence-corrected chi connectivity index (χ2v) is 6.79. The molecule has 114 valence electrons. The van der Waals surface area contributed by atoms with Gasteiger partial charge in [-0.1, -0.05) is 11.6 Å². The lowest BCUT2D eigenvalue weighted by Gasteiger charge is -2.10. The number of halogens is 5. The summed E-state index contributed by atoms with van der Waals surface area (Å²) in [5.74, 6) is -1.68. The van der Waals surface area contributed by atoms with Crippen LogP contribution in [0.4, 0.5) is 13.2 Å². The van der Waals surface area contributed by atoms with E-state index in [1.165, 1.54) is 18.2 Å². The molecule has 0 unspecified atom stereocenters. The number of carbonyl (C=O) groups excluding carboxylic acids is 1. The molecular weight excluding hydrogens is 405 g/mol. The standard InChI is InChI=1S/C14H5BrClF3O2S/c15-12-9(21-8-4-6(16)3-7(17)5-8)1-2-10-11(12)13(20)14(18,19)22-10/h1-5H. The fourth-order valence-electron chi connectivity index (χ4n) is 1.96. The third kappa shape index (κ3) is 2.73. The summed E-state index contributed by atoms with van der Waals surface area (Å²) in [4.78, 5) is 11.9. The van der Waals surface area contributed by atoms with Crippen LogP contribution in [-0.2, 0) is 0 Å². The Balaban J connectivity index is 2.01. The normalized spacial score (nSPS) is 15.8. The second-order valence-electron chi connectivity index (χ2n) is 4.41. The molecule has 2 nitrogen and oxygen atoms in total. The van der Waals surface area contributed by atoms with Crippen LogP contribution in [0.15, 0.2) is 39.7 Å². The molecule has 0 saturated carbocycles. The molecule has 0 aliphatic carbocycles. The van der Waals surface area contributed by atoms with Crippen molar-refractivity contribution in [2.75, 3.05) is 0 Å². The zero-order valence-corrected chi connectivity index (χ0v) is 13.7. The molecule has 2 aromatic rings. The van der Waals surface area contributed by atoms with Crippen molar-refractivity contribution in [1.29, 1.82) is 0 Å². The van der Waals surface area contributed by atoms with Crippen LogP contribution >= 0.6 is 39.3 Å². The van der Waals surface area contributed by atoms with Crippen LogP contribution in [0.5, 0.6) is 11.5 Å². The first-order valence-corrected chi connectivity index (χ1v) is 7.85. The van der Waals surface area contributed by atoms with Gasteiger partial charge < -0.3 is 4.74 Å². The van der Waals surface area contributed by atoms with Crippen LogP contribution in [0.25, 0.3) is 0 Å². The summed E-state index contributed by atoms with van der Waals surface area (Å²) >= 11 is 9.01. The average molecular weight is 410 g/mol. The first-order chi connectivity index (χ1) is 10.3. The van der Waals surface area contributed by atoms with Gasteiger partial charge in [0.15, 0.2) is 0 Å².